The molecule has 0 spiro atoms. The number of rotatable bonds is 33. The smallest absolute Gasteiger partial charge is 0.255 e. The highest BCUT2D eigenvalue weighted by atomic mass is 16.5. The Balaban J connectivity index is 1.61. The van der Waals surface area contributed by atoms with Crippen molar-refractivity contribution in [1.29, 1.82) is 16.2 Å². The number of benzene rings is 4. The van der Waals surface area contributed by atoms with Gasteiger partial charge in [-0.05, 0) is 124 Å². The van der Waals surface area contributed by atoms with Gasteiger partial charge in [0.25, 0.3) is 23.6 Å². The number of amides is 8. The van der Waals surface area contributed by atoms with Gasteiger partial charge < -0.3 is 100 Å². The van der Waals surface area contributed by atoms with Crippen LogP contribution in [0.2, 0.25) is 0 Å². The number of carbonyl (C=O) groups is 8. The Morgan fingerprint density at radius 3 is 0.941 bits per heavy atom. The summed E-state index contributed by atoms with van der Waals surface area (Å²) < 4.78 is 21.8. The maximum atomic E-state index is 14.3. The van der Waals surface area contributed by atoms with Crippen LogP contribution in [0.3, 0.4) is 0 Å². The Labute approximate surface area is 490 Å². The van der Waals surface area contributed by atoms with Crippen LogP contribution in [-0.4, -0.2) is 144 Å². The van der Waals surface area contributed by atoms with Crippen LogP contribution < -0.4 is 100 Å². The number of hydrogen-bond donors (Lipinski definition) is 18. The van der Waals surface area contributed by atoms with Gasteiger partial charge in [-0.25, -0.2) is 0 Å². The molecule has 0 unspecified atom stereocenters. The van der Waals surface area contributed by atoms with Gasteiger partial charge in [0.1, 0.15) is 41.1 Å². The zero-order valence-corrected chi connectivity index (χ0v) is 47.9. The second kappa shape index (κ2) is 34.1. The van der Waals surface area contributed by atoms with E-state index in [9.17, 15) is 38.4 Å². The van der Waals surface area contributed by atoms with Crippen LogP contribution in [0.4, 0.5) is 22.7 Å². The summed E-state index contributed by atoms with van der Waals surface area (Å²) in [6, 6.07) is 13.4. The van der Waals surface area contributed by atoms with Crippen LogP contribution >= 0.6 is 0 Å². The molecule has 0 saturated heterocycles. The topological polar surface area (TPSA) is 481 Å². The molecule has 0 fully saturated rings. The summed E-state index contributed by atoms with van der Waals surface area (Å²) in [5.41, 5.74) is 22.6. The number of nitrogens with one attached hydrogen (secondary N) is 14. The molecule has 4 rings (SSSR count). The fourth-order valence-corrected chi connectivity index (χ4v) is 8.25. The predicted molar refractivity (Wildman–Crippen MR) is 319 cm³/mol. The lowest BCUT2D eigenvalue weighted by Gasteiger charge is -2.22. The summed E-state index contributed by atoms with van der Waals surface area (Å²) in [6.07, 6.45) is 1.28. The molecule has 0 heterocycles. The van der Waals surface area contributed by atoms with Crippen molar-refractivity contribution in [1.82, 2.24) is 37.2 Å². The minimum Gasteiger partial charge on any atom is -0.496 e. The van der Waals surface area contributed by atoms with Crippen molar-refractivity contribution in [2.45, 2.75) is 70.0 Å². The molecule has 30 nitrogen and oxygen atoms in total. The molecule has 0 aliphatic rings. The Morgan fingerprint density at radius 1 is 0.412 bits per heavy atom. The summed E-state index contributed by atoms with van der Waals surface area (Å²) in [7, 11) is 5.36. The van der Waals surface area contributed by atoms with Crippen molar-refractivity contribution in [2.75, 3.05) is 82.4 Å². The molecule has 4 aromatic carbocycles. The number of guanidine groups is 3. The van der Waals surface area contributed by atoms with Crippen LogP contribution in [0.1, 0.15) is 93.3 Å². The second-order valence-corrected chi connectivity index (χ2v) is 18.7. The maximum absolute atomic E-state index is 14.3. The summed E-state index contributed by atoms with van der Waals surface area (Å²) in [4.78, 5) is 109. The molecule has 0 bridgehead atoms. The van der Waals surface area contributed by atoms with Crippen molar-refractivity contribution in [3.63, 3.8) is 0 Å². The first-order chi connectivity index (χ1) is 40.6. The lowest BCUT2D eigenvalue weighted by Crippen LogP contribution is -2.45. The van der Waals surface area contributed by atoms with E-state index >= 15 is 0 Å². The molecule has 0 saturated carbocycles. The molecule has 458 valence electrons. The van der Waals surface area contributed by atoms with Crippen LogP contribution in [0.25, 0.3) is 0 Å². The Hall–Kier alpha value is -10.4. The Bertz CT molecular complexity index is 3070. The van der Waals surface area contributed by atoms with Gasteiger partial charge in [0, 0.05) is 55.9 Å². The normalized spacial score (nSPS) is 11.6. The molecular formula is C55H76N18O12. The molecule has 0 aliphatic carbocycles. The zero-order chi connectivity index (χ0) is 62.6. The molecule has 0 aromatic heterocycles. The highest BCUT2D eigenvalue weighted by Gasteiger charge is 2.29. The highest BCUT2D eigenvalue weighted by molar-refractivity contribution is 6.07. The van der Waals surface area contributed by atoms with E-state index in [0.29, 0.717) is 25.2 Å². The van der Waals surface area contributed by atoms with Crippen LogP contribution in [0.15, 0.2) is 72.8 Å². The number of hydrogen-bond acceptors (Lipinski definition) is 16. The first kappa shape index (κ1) is 67.1. The highest BCUT2D eigenvalue weighted by Crippen LogP contribution is 2.28. The Morgan fingerprint density at radius 2 is 0.682 bits per heavy atom. The number of ether oxygens (including phenoxy) is 4. The summed E-state index contributed by atoms with van der Waals surface area (Å²) in [6.45, 7) is 2.44. The van der Waals surface area contributed by atoms with E-state index in [-0.39, 0.29) is 144 Å². The van der Waals surface area contributed by atoms with E-state index in [4.69, 9.17) is 58.1 Å². The zero-order valence-electron chi connectivity index (χ0n) is 47.9. The third-order valence-electron chi connectivity index (χ3n) is 12.4. The van der Waals surface area contributed by atoms with Crippen molar-refractivity contribution in [3.8, 4) is 23.0 Å². The van der Waals surface area contributed by atoms with Crippen molar-refractivity contribution >= 4 is 87.9 Å². The van der Waals surface area contributed by atoms with Gasteiger partial charge in [-0.1, -0.05) is 0 Å². The molecular weight excluding hydrogens is 1100 g/mol. The molecule has 85 heavy (non-hydrogen) atoms. The molecule has 8 amide bonds. The predicted octanol–water partition coefficient (Wildman–Crippen LogP) is 0.759. The molecule has 22 N–H and O–H groups in total. The average Bonchev–Trinajstić information content (AvgIpc) is 3.45. The number of anilines is 4. The summed E-state index contributed by atoms with van der Waals surface area (Å²) in [5, 5.41) is 52.3. The first-order valence-electron chi connectivity index (χ1n) is 26.7. The van der Waals surface area contributed by atoms with E-state index in [2.05, 4.69) is 58.5 Å². The number of methoxy groups -OCH3 is 4. The third-order valence-corrected chi connectivity index (χ3v) is 12.4. The monoisotopic (exact) mass is 1180 g/mol. The minimum absolute atomic E-state index is 0.00815. The fraction of sp³-hybridized carbons (Fsp3) is 0.364. The summed E-state index contributed by atoms with van der Waals surface area (Å²) >= 11 is 0. The van der Waals surface area contributed by atoms with Gasteiger partial charge >= 0.3 is 0 Å². The van der Waals surface area contributed by atoms with E-state index in [0.717, 1.165) is 0 Å². The minimum atomic E-state index is -1.31. The SMILES string of the molecule is COc1ccc(NC(=O)[C@@H](CCCNC(=N)N)NC(=O)c2cc(NC(=O)[C@@H](CCCNC(=N)N)NC(=O)c3cc(NC(=O)[C@@H](CCCNC(=N)N)NC(=O)c4cc(NC(C)=O)ccc4OC)ccc3OC)ccc2OC)cc1C(=O)NCCCN. The van der Waals surface area contributed by atoms with Crippen molar-refractivity contribution < 1.29 is 57.3 Å². The standard InChI is InChI=1S/C55H76N18O12/c1-30(74)67-31-13-17-43(83-3)36(26-31)47(76)71-40(11-7-23-65-54(59)60)51(80)69-33-15-19-45(85-5)38(28-33)49(78)73-41(12-8-24-66-55(61)62)52(81)70-34-16-20-44(84-4)37(29-34)48(77)72-39(10-6-22-64-53(57)58)50(79)68-32-14-18-42(82-2)35(27-32)46(75)63-25-9-21-56/h13-20,26-29,39-41H,6-12,21-25,56H2,1-5H3,(H,63,75)(H,67,74)(H,68,79)(H,69,80)(H,70,81)(H,71,76)(H,72,77)(H,73,78)(H4,57,58,64)(H4,59,60,65)(H4,61,62,66)/t39-,40-,41-/m1/s1. The molecule has 30 heteroatoms. The van der Waals surface area contributed by atoms with Gasteiger partial charge in [-0.2, -0.15) is 0 Å². The van der Waals surface area contributed by atoms with Crippen molar-refractivity contribution in [2.24, 2.45) is 22.9 Å². The quantitative estimate of drug-likeness (QED) is 0.0178. The fourth-order valence-electron chi connectivity index (χ4n) is 8.25. The second-order valence-electron chi connectivity index (χ2n) is 18.7. The van der Waals surface area contributed by atoms with Gasteiger partial charge in [-0.15, -0.1) is 0 Å². The third kappa shape index (κ3) is 21.8. The lowest BCUT2D eigenvalue weighted by molar-refractivity contribution is -0.118. The van der Waals surface area contributed by atoms with Crippen LogP contribution in [0, 0.1) is 16.2 Å². The van der Waals surface area contributed by atoms with E-state index in [1.54, 1.807) is 0 Å². The number of carbonyl (C=O) groups excluding carboxylic acids is 8. The van der Waals surface area contributed by atoms with Crippen molar-refractivity contribution in [3.05, 3.63) is 95.1 Å². The molecule has 0 radical (unpaired) electrons. The average molecular weight is 1180 g/mol. The Kier molecular flexibility index (Phi) is 27.0. The van der Waals surface area contributed by atoms with Gasteiger partial charge in [-0.3, -0.25) is 54.6 Å². The lowest BCUT2D eigenvalue weighted by atomic mass is 10.1. The maximum Gasteiger partial charge on any atom is 0.255 e. The van der Waals surface area contributed by atoms with Crippen LogP contribution in [0.5, 0.6) is 23.0 Å². The molecule has 3 atom stereocenters. The molecule has 0 aliphatic heterocycles. The van der Waals surface area contributed by atoms with E-state index in [1.807, 2.05) is 0 Å². The van der Waals surface area contributed by atoms with Gasteiger partial charge in [0.15, 0.2) is 17.9 Å². The number of nitrogens with two attached hydrogens (primary N) is 4. The van der Waals surface area contributed by atoms with Gasteiger partial charge in [0.05, 0.1) is 50.7 Å². The van der Waals surface area contributed by atoms with Crippen LogP contribution in [-0.2, 0) is 19.2 Å². The first-order valence-corrected chi connectivity index (χ1v) is 26.7. The molecule has 4 aromatic rings. The van der Waals surface area contributed by atoms with Gasteiger partial charge in [0.2, 0.25) is 23.6 Å². The largest absolute Gasteiger partial charge is 0.496 e. The van der Waals surface area contributed by atoms with E-state index in [1.165, 1.54) is 108 Å². The van der Waals surface area contributed by atoms with E-state index < -0.39 is 59.5 Å². The summed E-state index contributed by atoms with van der Waals surface area (Å²) in [5.74, 6) is -5.77.